The van der Waals surface area contributed by atoms with Crippen molar-refractivity contribution in [3.8, 4) is 0 Å². The molecule has 0 radical (unpaired) electrons. The molecule has 0 aromatic carbocycles. The van der Waals surface area contributed by atoms with Gasteiger partial charge < -0.3 is 15.5 Å². The van der Waals surface area contributed by atoms with Crippen molar-refractivity contribution in [3.05, 3.63) is 29.1 Å². The Morgan fingerprint density at radius 1 is 1.24 bits per heavy atom. The Labute approximate surface area is 97.3 Å². The highest BCUT2D eigenvalue weighted by atomic mass is 16.4. The molecule has 1 atom stereocenters. The molecule has 0 amide bonds. The molecule has 0 spiro atoms. The van der Waals surface area contributed by atoms with Crippen LogP contribution in [0.3, 0.4) is 0 Å². The van der Waals surface area contributed by atoms with Gasteiger partial charge in [-0.3, -0.25) is 0 Å². The minimum Gasteiger partial charge on any atom is -0.477 e. The lowest BCUT2D eigenvalue weighted by Crippen LogP contribution is -2.12. The number of pyridine rings is 1. The van der Waals surface area contributed by atoms with Crippen LogP contribution >= 0.6 is 0 Å². The zero-order valence-electron chi connectivity index (χ0n) is 9.01. The van der Waals surface area contributed by atoms with E-state index in [0.29, 0.717) is 0 Å². The van der Waals surface area contributed by atoms with Crippen LogP contribution < -0.4 is 5.32 Å². The number of carboxylic acids is 2. The summed E-state index contributed by atoms with van der Waals surface area (Å²) in [5, 5.41) is 20.9. The first-order chi connectivity index (χ1) is 8.08. The maximum absolute atomic E-state index is 10.9. The van der Waals surface area contributed by atoms with E-state index in [4.69, 9.17) is 10.2 Å². The molecule has 1 aliphatic heterocycles. The quantitative estimate of drug-likeness (QED) is 0.709. The summed E-state index contributed by atoms with van der Waals surface area (Å²) >= 11 is 0. The molecular formula is C11H12N2O4. The molecule has 1 fully saturated rings. The number of hydrogen-bond acceptors (Lipinski definition) is 4. The topological polar surface area (TPSA) is 99.5 Å². The van der Waals surface area contributed by atoms with Crippen LogP contribution in [0.4, 0.5) is 0 Å². The van der Waals surface area contributed by atoms with Crippen LogP contribution in [0.15, 0.2) is 12.1 Å². The highest BCUT2D eigenvalue weighted by Crippen LogP contribution is 2.23. The minimum absolute atomic E-state index is 0.161. The summed E-state index contributed by atoms with van der Waals surface area (Å²) in [5.74, 6) is -2.25. The van der Waals surface area contributed by atoms with Gasteiger partial charge >= 0.3 is 11.9 Å². The highest BCUT2D eigenvalue weighted by molar-refractivity contribution is 5.90. The molecule has 90 valence electrons. The second-order valence-corrected chi connectivity index (χ2v) is 3.97. The average Bonchev–Trinajstić information content (AvgIpc) is 2.81. The van der Waals surface area contributed by atoms with Gasteiger partial charge in [-0.2, -0.15) is 0 Å². The summed E-state index contributed by atoms with van der Waals surface area (Å²) in [5.41, 5.74) is 0.290. The number of rotatable bonds is 3. The van der Waals surface area contributed by atoms with Crippen LogP contribution in [0.25, 0.3) is 0 Å². The summed E-state index contributed by atoms with van der Waals surface area (Å²) in [6.07, 6.45) is 0.877. The molecule has 2 rings (SSSR count). The molecule has 1 aromatic rings. The molecule has 0 aliphatic carbocycles. The lowest BCUT2D eigenvalue weighted by Gasteiger charge is -2.10. The van der Waals surface area contributed by atoms with Crippen LogP contribution in [-0.2, 0) is 0 Å². The van der Waals surface area contributed by atoms with Crippen molar-refractivity contribution in [1.82, 2.24) is 10.3 Å². The number of carbonyl (C=O) groups is 2. The van der Waals surface area contributed by atoms with E-state index >= 15 is 0 Å². The Morgan fingerprint density at radius 3 is 2.24 bits per heavy atom. The molecule has 1 unspecified atom stereocenters. The van der Waals surface area contributed by atoms with Crippen molar-refractivity contribution in [2.75, 3.05) is 13.1 Å². The summed E-state index contributed by atoms with van der Waals surface area (Å²) in [6, 6.07) is 2.90. The smallest absolute Gasteiger partial charge is 0.354 e. The minimum atomic E-state index is -1.21. The van der Waals surface area contributed by atoms with E-state index in [1.54, 1.807) is 0 Å². The maximum Gasteiger partial charge on any atom is 0.354 e. The van der Waals surface area contributed by atoms with Gasteiger partial charge in [0.1, 0.15) is 11.4 Å². The van der Waals surface area contributed by atoms with Crippen molar-refractivity contribution in [2.45, 2.75) is 12.3 Å². The first-order valence-corrected chi connectivity index (χ1v) is 5.27. The summed E-state index contributed by atoms with van der Waals surface area (Å²) in [7, 11) is 0. The number of carboxylic acid groups (broad SMARTS) is 2. The highest BCUT2D eigenvalue weighted by Gasteiger charge is 2.21. The first-order valence-electron chi connectivity index (χ1n) is 5.27. The van der Waals surface area contributed by atoms with Crippen molar-refractivity contribution in [3.63, 3.8) is 0 Å². The van der Waals surface area contributed by atoms with E-state index in [-0.39, 0.29) is 17.3 Å². The zero-order valence-corrected chi connectivity index (χ0v) is 9.01. The van der Waals surface area contributed by atoms with E-state index in [9.17, 15) is 9.59 Å². The lowest BCUT2D eigenvalue weighted by molar-refractivity contribution is 0.0685. The maximum atomic E-state index is 10.9. The first kappa shape index (κ1) is 11.5. The molecular weight excluding hydrogens is 224 g/mol. The molecule has 6 heteroatoms. The Bertz CT molecular complexity index is 434. The molecule has 1 aliphatic rings. The van der Waals surface area contributed by atoms with Crippen molar-refractivity contribution in [2.24, 2.45) is 0 Å². The number of aromatic nitrogens is 1. The van der Waals surface area contributed by atoms with Crippen LogP contribution in [0, 0.1) is 0 Å². The molecule has 1 aromatic heterocycles. The van der Waals surface area contributed by atoms with E-state index in [1.165, 1.54) is 12.1 Å². The fourth-order valence-corrected chi connectivity index (χ4v) is 1.95. The zero-order chi connectivity index (χ0) is 12.4. The molecule has 1 saturated heterocycles. The van der Waals surface area contributed by atoms with Crippen molar-refractivity contribution < 1.29 is 19.8 Å². The second-order valence-electron chi connectivity index (χ2n) is 3.97. The standard InChI is InChI=1S/C11H12N2O4/c14-10(15)8-3-7(6-1-2-12-5-6)4-9(13-8)11(16)17/h3-4,6,12H,1-2,5H2,(H,14,15)(H,16,17). The van der Waals surface area contributed by atoms with Crippen LogP contribution in [-0.4, -0.2) is 40.2 Å². The monoisotopic (exact) mass is 236 g/mol. The van der Waals surface area contributed by atoms with Crippen LogP contribution in [0.2, 0.25) is 0 Å². The third-order valence-electron chi connectivity index (χ3n) is 2.82. The predicted octanol–water partition coefficient (Wildman–Crippen LogP) is 0.555. The molecule has 6 nitrogen and oxygen atoms in total. The van der Waals surface area contributed by atoms with Crippen LogP contribution in [0.5, 0.6) is 0 Å². The van der Waals surface area contributed by atoms with E-state index in [1.807, 2.05) is 0 Å². The number of hydrogen-bond donors (Lipinski definition) is 3. The average molecular weight is 236 g/mol. The van der Waals surface area contributed by atoms with Gasteiger partial charge in [0.15, 0.2) is 0 Å². The Morgan fingerprint density at radius 2 is 1.82 bits per heavy atom. The van der Waals surface area contributed by atoms with Gasteiger partial charge in [-0.15, -0.1) is 0 Å². The van der Waals surface area contributed by atoms with Gasteiger partial charge in [0.2, 0.25) is 0 Å². The van der Waals surface area contributed by atoms with Gasteiger partial charge in [0.25, 0.3) is 0 Å². The Hall–Kier alpha value is -1.95. The number of nitrogens with zero attached hydrogens (tertiary/aromatic N) is 1. The molecule has 3 N–H and O–H groups in total. The molecule has 2 heterocycles. The summed E-state index contributed by atoms with van der Waals surface area (Å²) in [6.45, 7) is 1.60. The van der Waals surface area contributed by atoms with Crippen LogP contribution in [0.1, 0.15) is 38.9 Å². The number of aromatic carboxylic acids is 2. The third-order valence-corrected chi connectivity index (χ3v) is 2.82. The number of nitrogens with one attached hydrogen (secondary N) is 1. The van der Waals surface area contributed by atoms with E-state index in [0.717, 1.165) is 25.1 Å². The lowest BCUT2D eigenvalue weighted by atomic mass is 9.97. The van der Waals surface area contributed by atoms with Gasteiger partial charge in [-0.05, 0) is 36.6 Å². The predicted molar refractivity (Wildman–Crippen MR) is 58.4 cm³/mol. The van der Waals surface area contributed by atoms with Gasteiger partial charge in [-0.1, -0.05) is 0 Å². The molecule has 0 saturated carbocycles. The van der Waals surface area contributed by atoms with Gasteiger partial charge in [-0.25, -0.2) is 14.6 Å². The largest absolute Gasteiger partial charge is 0.477 e. The molecule has 0 bridgehead atoms. The van der Waals surface area contributed by atoms with E-state index in [2.05, 4.69) is 10.3 Å². The van der Waals surface area contributed by atoms with Gasteiger partial charge in [0.05, 0.1) is 0 Å². The van der Waals surface area contributed by atoms with Crippen molar-refractivity contribution in [1.29, 1.82) is 0 Å². The summed E-state index contributed by atoms with van der Waals surface area (Å²) in [4.78, 5) is 25.3. The third kappa shape index (κ3) is 2.42. The second kappa shape index (κ2) is 4.50. The fraction of sp³-hybridized carbons (Fsp3) is 0.364. The SMILES string of the molecule is O=C(O)c1cc(C2CCNC2)cc(C(=O)O)n1. The van der Waals surface area contributed by atoms with Crippen molar-refractivity contribution >= 4 is 11.9 Å². The van der Waals surface area contributed by atoms with Gasteiger partial charge in [0, 0.05) is 6.54 Å². The Balaban J connectivity index is 2.43. The fourth-order valence-electron chi connectivity index (χ4n) is 1.95. The normalized spacial score (nSPS) is 19.2. The molecule has 17 heavy (non-hydrogen) atoms. The van der Waals surface area contributed by atoms with E-state index < -0.39 is 11.9 Å². The Kier molecular flexibility index (Phi) is 3.06. The summed E-state index contributed by atoms with van der Waals surface area (Å²) < 4.78 is 0.